The van der Waals surface area contributed by atoms with E-state index in [1.807, 2.05) is 72.8 Å². The molecule has 0 aliphatic rings. The summed E-state index contributed by atoms with van der Waals surface area (Å²) in [5.41, 5.74) is 3.77. The third-order valence-electron chi connectivity index (χ3n) is 5.00. The van der Waals surface area contributed by atoms with Gasteiger partial charge in [0.2, 0.25) is 5.89 Å². The second-order valence-corrected chi connectivity index (χ2v) is 7.46. The number of carbonyl (C=O) groups excluding carboxylic acids is 1. The van der Waals surface area contributed by atoms with Crippen molar-refractivity contribution >= 4 is 23.1 Å². The van der Waals surface area contributed by atoms with Crippen LogP contribution in [0.5, 0.6) is 11.5 Å². The van der Waals surface area contributed by atoms with Crippen molar-refractivity contribution in [3.63, 3.8) is 0 Å². The number of hydrogen-bond acceptors (Lipinski definition) is 6. The Balaban J connectivity index is 1.19. The molecule has 0 N–H and O–H groups in total. The van der Waals surface area contributed by atoms with Crippen molar-refractivity contribution in [2.75, 3.05) is 0 Å². The fourth-order valence-corrected chi connectivity index (χ4v) is 3.30. The monoisotopic (exact) mass is 448 g/mol. The molecule has 2 heterocycles. The average molecular weight is 448 g/mol. The molecule has 0 atom stereocenters. The van der Waals surface area contributed by atoms with Crippen molar-refractivity contribution in [1.82, 2.24) is 9.97 Å². The summed E-state index contributed by atoms with van der Waals surface area (Å²) in [4.78, 5) is 20.9. The summed E-state index contributed by atoms with van der Waals surface area (Å²) in [6.45, 7) is 0.501. The highest BCUT2D eigenvalue weighted by Crippen LogP contribution is 2.26. The number of oxazole rings is 1. The smallest absolute Gasteiger partial charge is 0.336 e. The number of ether oxygens (including phenoxy) is 2. The topological polar surface area (TPSA) is 74.5 Å². The van der Waals surface area contributed by atoms with Gasteiger partial charge in [-0.05, 0) is 53.6 Å². The fraction of sp³-hybridized carbons (Fsp3) is 0.0357. The molecular weight excluding hydrogens is 428 g/mol. The fourth-order valence-electron chi connectivity index (χ4n) is 3.30. The van der Waals surface area contributed by atoms with Gasteiger partial charge in [-0.3, -0.25) is 4.98 Å². The standard InChI is InChI=1S/C28H20N2O4/c31-27(16-11-20-9-12-22(13-10-20)32-19-21-6-2-1-3-7-21)33-23-14-15-24-26(18-23)34-28(30-24)25-8-4-5-17-29-25/h1-18H,19H2/b16-11+. The molecule has 5 rings (SSSR count). The third-order valence-corrected chi connectivity index (χ3v) is 5.00. The number of rotatable bonds is 7. The summed E-state index contributed by atoms with van der Waals surface area (Å²) < 4.78 is 17.0. The van der Waals surface area contributed by atoms with E-state index in [2.05, 4.69) is 9.97 Å². The Labute approximate surface area is 196 Å². The Morgan fingerprint density at radius 3 is 2.47 bits per heavy atom. The zero-order chi connectivity index (χ0) is 23.2. The highest BCUT2D eigenvalue weighted by atomic mass is 16.5. The predicted molar refractivity (Wildman–Crippen MR) is 129 cm³/mol. The molecule has 0 saturated heterocycles. The molecule has 6 heteroatoms. The molecule has 5 aromatic rings. The SMILES string of the molecule is O=C(/C=C/c1ccc(OCc2ccccc2)cc1)Oc1ccc2nc(-c3ccccn3)oc2c1. The number of esters is 1. The van der Waals surface area contributed by atoms with E-state index in [1.165, 1.54) is 6.08 Å². The van der Waals surface area contributed by atoms with Gasteiger partial charge in [0.25, 0.3) is 0 Å². The number of fused-ring (bicyclic) bond motifs is 1. The van der Waals surface area contributed by atoms with Crippen LogP contribution in [0.3, 0.4) is 0 Å². The maximum Gasteiger partial charge on any atom is 0.336 e. The quantitative estimate of drug-likeness (QED) is 0.170. The first kappa shape index (κ1) is 21.2. The van der Waals surface area contributed by atoms with Crippen LogP contribution in [0.25, 0.3) is 28.8 Å². The van der Waals surface area contributed by atoms with Gasteiger partial charge >= 0.3 is 5.97 Å². The van der Waals surface area contributed by atoms with Crippen LogP contribution in [0.2, 0.25) is 0 Å². The second-order valence-electron chi connectivity index (χ2n) is 7.46. The molecule has 0 fully saturated rings. The first-order valence-corrected chi connectivity index (χ1v) is 10.7. The Hall–Kier alpha value is -4.71. The molecule has 2 aromatic heterocycles. The van der Waals surface area contributed by atoms with E-state index in [9.17, 15) is 4.79 Å². The van der Waals surface area contributed by atoms with E-state index >= 15 is 0 Å². The van der Waals surface area contributed by atoms with Crippen molar-refractivity contribution in [1.29, 1.82) is 0 Å². The largest absolute Gasteiger partial charge is 0.489 e. The summed E-state index contributed by atoms with van der Waals surface area (Å²) in [7, 11) is 0. The number of aromatic nitrogens is 2. The van der Waals surface area contributed by atoms with Crippen molar-refractivity contribution < 1.29 is 18.7 Å². The number of pyridine rings is 1. The minimum atomic E-state index is -0.492. The molecule has 34 heavy (non-hydrogen) atoms. The molecule has 0 amide bonds. The minimum Gasteiger partial charge on any atom is -0.489 e. The number of nitrogens with zero attached hydrogens (tertiary/aromatic N) is 2. The first-order chi connectivity index (χ1) is 16.7. The van der Waals surface area contributed by atoms with Crippen LogP contribution < -0.4 is 9.47 Å². The van der Waals surface area contributed by atoms with Crippen molar-refractivity contribution in [3.05, 3.63) is 114 Å². The van der Waals surface area contributed by atoms with E-state index in [0.717, 1.165) is 16.9 Å². The lowest BCUT2D eigenvalue weighted by Gasteiger charge is -2.06. The highest BCUT2D eigenvalue weighted by molar-refractivity contribution is 5.89. The molecule has 0 saturated carbocycles. The van der Waals surface area contributed by atoms with Crippen molar-refractivity contribution in [2.45, 2.75) is 6.61 Å². The summed E-state index contributed by atoms with van der Waals surface area (Å²) in [5.74, 6) is 1.05. The zero-order valence-electron chi connectivity index (χ0n) is 18.1. The second kappa shape index (κ2) is 9.83. The van der Waals surface area contributed by atoms with Crippen LogP contribution in [0.15, 0.2) is 108 Å². The maximum atomic E-state index is 12.3. The van der Waals surface area contributed by atoms with Gasteiger partial charge in [0.1, 0.15) is 29.3 Å². The van der Waals surface area contributed by atoms with Gasteiger partial charge in [-0.25, -0.2) is 9.78 Å². The molecular formula is C28H20N2O4. The molecule has 3 aromatic carbocycles. The lowest BCUT2D eigenvalue weighted by molar-refractivity contribution is -0.128. The van der Waals surface area contributed by atoms with E-state index in [1.54, 1.807) is 30.5 Å². The molecule has 0 unspecified atom stereocenters. The molecule has 0 spiro atoms. The summed E-state index contributed by atoms with van der Waals surface area (Å²) >= 11 is 0. The Kier molecular flexibility index (Phi) is 6.12. The van der Waals surface area contributed by atoms with Gasteiger partial charge in [-0.15, -0.1) is 0 Å². The van der Waals surface area contributed by atoms with Crippen LogP contribution in [0.4, 0.5) is 0 Å². The van der Waals surface area contributed by atoms with Crippen LogP contribution in [0, 0.1) is 0 Å². The van der Waals surface area contributed by atoms with Gasteiger partial charge in [0.05, 0.1) is 0 Å². The number of hydrogen-bond donors (Lipinski definition) is 0. The minimum absolute atomic E-state index is 0.371. The highest BCUT2D eigenvalue weighted by Gasteiger charge is 2.11. The van der Waals surface area contributed by atoms with Gasteiger partial charge in [0, 0.05) is 18.3 Å². The Bertz CT molecular complexity index is 1430. The van der Waals surface area contributed by atoms with Gasteiger partial charge in [0.15, 0.2) is 5.58 Å². The van der Waals surface area contributed by atoms with Gasteiger partial charge in [-0.1, -0.05) is 48.5 Å². The van der Waals surface area contributed by atoms with Gasteiger partial charge < -0.3 is 13.9 Å². The van der Waals surface area contributed by atoms with E-state index in [4.69, 9.17) is 13.9 Å². The maximum absolute atomic E-state index is 12.3. The van der Waals surface area contributed by atoms with E-state index in [-0.39, 0.29) is 0 Å². The predicted octanol–water partition coefficient (Wildman–Crippen LogP) is 6.09. The number of benzene rings is 3. The summed E-state index contributed by atoms with van der Waals surface area (Å²) in [6.07, 6.45) is 4.74. The molecule has 0 aliphatic carbocycles. The lowest BCUT2D eigenvalue weighted by atomic mass is 10.2. The van der Waals surface area contributed by atoms with Gasteiger partial charge in [-0.2, -0.15) is 0 Å². The summed E-state index contributed by atoms with van der Waals surface area (Å²) in [5, 5.41) is 0. The third kappa shape index (κ3) is 5.19. The normalized spacial score (nSPS) is 11.1. The molecule has 0 radical (unpaired) electrons. The van der Waals surface area contributed by atoms with Crippen molar-refractivity contribution in [3.8, 4) is 23.1 Å². The van der Waals surface area contributed by atoms with Crippen LogP contribution >= 0.6 is 0 Å². The Morgan fingerprint density at radius 2 is 1.68 bits per heavy atom. The summed E-state index contributed by atoms with van der Waals surface area (Å²) in [6, 6.07) is 28.0. The van der Waals surface area contributed by atoms with Crippen LogP contribution in [-0.4, -0.2) is 15.9 Å². The molecule has 0 bridgehead atoms. The van der Waals surface area contributed by atoms with Crippen LogP contribution in [-0.2, 0) is 11.4 Å². The molecule has 6 nitrogen and oxygen atoms in total. The molecule has 166 valence electrons. The van der Waals surface area contributed by atoms with E-state index < -0.39 is 5.97 Å². The van der Waals surface area contributed by atoms with Crippen molar-refractivity contribution in [2.24, 2.45) is 0 Å². The zero-order valence-corrected chi connectivity index (χ0v) is 18.1. The Morgan fingerprint density at radius 1 is 0.882 bits per heavy atom. The average Bonchev–Trinajstić information content (AvgIpc) is 3.32. The number of carbonyl (C=O) groups is 1. The molecule has 0 aliphatic heterocycles. The lowest BCUT2D eigenvalue weighted by Crippen LogP contribution is -2.03. The van der Waals surface area contributed by atoms with Crippen LogP contribution in [0.1, 0.15) is 11.1 Å². The van der Waals surface area contributed by atoms with E-state index in [0.29, 0.717) is 35.0 Å². The first-order valence-electron chi connectivity index (χ1n) is 10.7.